The Balaban J connectivity index is 2.34. The number of anilines is 2. The van der Waals surface area contributed by atoms with Crippen LogP contribution in [-0.2, 0) is 6.42 Å². The van der Waals surface area contributed by atoms with E-state index in [2.05, 4.69) is 46.0 Å². The first-order valence-corrected chi connectivity index (χ1v) is 7.46. The van der Waals surface area contributed by atoms with Crippen LogP contribution in [-0.4, -0.2) is 13.1 Å². The summed E-state index contributed by atoms with van der Waals surface area (Å²) in [5.74, 6) is -0.220. The summed E-state index contributed by atoms with van der Waals surface area (Å²) in [6.45, 7) is 3.52. The van der Waals surface area contributed by atoms with Crippen molar-refractivity contribution in [1.82, 2.24) is 0 Å². The van der Waals surface area contributed by atoms with Gasteiger partial charge in [-0.3, -0.25) is 0 Å². The van der Waals surface area contributed by atoms with Crippen LogP contribution in [0.3, 0.4) is 0 Å². The molecule has 0 aliphatic rings. The lowest BCUT2D eigenvalue weighted by Crippen LogP contribution is -2.16. The van der Waals surface area contributed by atoms with Gasteiger partial charge in [-0.1, -0.05) is 6.07 Å². The predicted octanol–water partition coefficient (Wildman–Crippen LogP) is 4.25. The third-order valence-corrected chi connectivity index (χ3v) is 3.83. The van der Waals surface area contributed by atoms with Gasteiger partial charge in [-0.15, -0.1) is 0 Å². The van der Waals surface area contributed by atoms with Crippen LogP contribution in [0, 0.1) is 5.82 Å². The van der Waals surface area contributed by atoms with Crippen molar-refractivity contribution in [3.8, 4) is 0 Å². The van der Waals surface area contributed by atoms with Gasteiger partial charge in [0.1, 0.15) is 5.82 Å². The molecule has 2 aromatic carbocycles. The first-order valence-electron chi connectivity index (χ1n) is 6.67. The molecule has 0 saturated carbocycles. The molecule has 0 aliphatic heterocycles. The molecule has 4 heteroatoms. The molecule has 0 fully saturated rings. The Morgan fingerprint density at radius 1 is 1.15 bits per heavy atom. The number of rotatable bonds is 5. The maximum absolute atomic E-state index is 13.0. The van der Waals surface area contributed by atoms with Crippen molar-refractivity contribution in [2.75, 3.05) is 18.0 Å². The van der Waals surface area contributed by atoms with Crippen molar-refractivity contribution in [2.45, 2.75) is 13.3 Å². The molecule has 0 heterocycles. The lowest BCUT2D eigenvalue weighted by atomic mass is 10.1. The fourth-order valence-corrected chi connectivity index (χ4v) is 2.84. The maximum Gasteiger partial charge on any atom is 0.123 e. The van der Waals surface area contributed by atoms with E-state index in [1.54, 1.807) is 12.1 Å². The van der Waals surface area contributed by atoms with Crippen LogP contribution >= 0.6 is 15.9 Å². The lowest BCUT2D eigenvalue weighted by Gasteiger charge is -2.25. The second-order valence-electron chi connectivity index (χ2n) is 4.55. The summed E-state index contributed by atoms with van der Waals surface area (Å²) in [6, 6.07) is 12.8. The Labute approximate surface area is 127 Å². The molecule has 2 nitrogen and oxygen atoms in total. The zero-order valence-corrected chi connectivity index (χ0v) is 13.0. The number of hydrogen-bond acceptors (Lipinski definition) is 2. The van der Waals surface area contributed by atoms with Gasteiger partial charge in [0.15, 0.2) is 0 Å². The van der Waals surface area contributed by atoms with E-state index in [0.29, 0.717) is 6.54 Å². The topological polar surface area (TPSA) is 29.3 Å². The van der Waals surface area contributed by atoms with Crippen LogP contribution in [0.15, 0.2) is 46.9 Å². The van der Waals surface area contributed by atoms with Crippen LogP contribution in [0.5, 0.6) is 0 Å². The van der Waals surface area contributed by atoms with E-state index >= 15 is 0 Å². The summed E-state index contributed by atoms with van der Waals surface area (Å²) < 4.78 is 14.1. The molecular formula is C16H18BrFN2. The molecule has 20 heavy (non-hydrogen) atoms. The number of nitrogens with zero attached hydrogens (tertiary/aromatic N) is 1. The average molecular weight is 337 g/mol. The zero-order chi connectivity index (χ0) is 14.5. The van der Waals surface area contributed by atoms with E-state index in [9.17, 15) is 4.39 Å². The van der Waals surface area contributed by atoms with Crippen molar-refractivity contribution in [1.29, 1.82) is 0 Å². The summed E-state index contributed by atoms with van der Waals surface area (Å²) in [4.78, 5) is 2.13. The maximum atomic E-state index is 13.0. The van der Waals surface area contributed by atoms with Crippen molar-refractivity contribution < 1.29 is 4.39 Å². The first-order chi connectivity index (χ1) is 9.65. The molecule has 106 valence electrons. The SMILES string of the molecule is CCN(c1ccc(F)cc1)c1ccc(CCN)cc1Br. The van der Waals surface area contributed by atoms with Gasteiger partial charge in [-0.05, 0) is 77.8 Å². The highest BCUT2D eigenvalue weighted by molar-refractivity contribution is 9.10. The van der Waals surface area contributed by atoms with Crippen molar-refractivity contribution >= 4 is 27.3 Å². The number of hydrogen-bond donors (Lipinski definition) is 1. The van der Waals surface area contributed by atoms with Gasteiger partial charge in [-0.25, -0.2) is 4.39 Å². The Morgan fingerprint density at radius 3 is 2.40 bits per heavy atom. The van der Waals surface area contributed by atoms with Gasteiger partial charge in [0.25, 0.3) is 0 Å². The second-order valence-corrected chi connectivity index (χ2v) is 5.40. The molecule has 0 radical (unpaired) electrons. The summed E-state index contributed by atoms with van der Waals surface area (Å²) >= 11 is 3.61. The quantitative estimate of drug-likeness (QED) is 0.884. The number of halogens is 2. The Morgan fingerprint density at radius 2 is 1.85 bits per heavy atom. The minimum atomic E-state index is -0.220. The standard InChI is InChI=1S/C16H18BrFN2/c1-2-20(14-6-4-13(18)5-7-14)16-8-3-12(9-10-19)11-15(16)17/h3-8,11H,2,9-10,19H2,1H3. The Bertz CT molecular complexity index is 569. The second kappa shape index (κ2) is 6.86. The monoisotopic (exact) mass is 336 g/mol. The van der Waals surface area contributed by atoms with Gasteiger partial charge in [-0.2, -0.15) is 0 Å². The van der Waals surface area contributed by atoms with Crippen molar-refractivity contribution in [3.05, 3.63) is 58.3 Å². The van der Waals surface area contributed by atoms with E-state index in [0.717, 1.165) is 28.8 Å². The highest BCUT2D eigenvalue weighted by Gasteiger charge is 2.11. The number of nitrogens with two attached hydrogens (primary N) is 1. The van der Waals surface area contributed by atoms with Crippen LogP contribution in [0.2, 0.25) is 0 Å². The van der Waals surface area contributed by atoms with Crippen molar-refractivity contribution in [2.24, 2.45) is 5.73 Å². The molecule has 2 N–H and O–H groups in total. The van der Waals surface area contributed by atoms with Gasteiger partial charge >= 0.3 is 0 Å². The summed E-state index contributed by atoms with van der Waals surface area (Å²) in [7, 11) is 0. The highest BCUT2D eigenvalue weighted by Crippen LogP contribution is 2.32. The van der Waals surface area contributed by atoms with Gasteiger partial charge in [0, 0.05) is 16.7 Å². The smallest absolute Gasteiger partial charge is 0.123 e. The molecule has 0 saturated heterocycles. The average Bonchev–Trinajstić information content (AvgIpc) is 2.44. The third kappa shape index (κ3) is 3.38. The van der Waals surface area contributed by atoms with E-state index < -0.39 is 0 Å². The fraction of sp³-hybridized carbons (Fsp3) is 0.250. The van der Waals surface area contributed by atoms with Crippen LogP contribution in [0.25, 0.3) is 0 Å². The Hall–Kier alpha value is -1.39. The van der Waals surface area contributed by atoms with E-state index in [1.807, 2.05) is 0 Å². The molecule has 2 rings (SSSR count). The van der Waals surface area contributed by atoms with E-state index in [1.165, 1.54) is 17.7 Å². The van der Waals surface area contributed by atoms with E-state index in [4.69, 9.17) is 5.73 Å². The van der Waals surface area contributed by atoms with Crippen LogP contribution in [0.4, 0.5) is 15.8 Å². The molecule has 0 spiro atoms. The molecule has 0 bridgehead atoms. The van der Waals surface area contributed by atoms with Crippen LogP contribution in [0.1, 0.15) is 12.5 Å². The first kappa shape index (κ1) is 15.0. The molecule has 0 aliphatic carbocycles. The summed E-state index contributed by atoms with van der Waals surface area (Å²) in [5.41, 5.74) is 8.83. The fourth-order valence-electron chi connectivity index (χ4n) is 2.20. The minimum absolute atomic E-state index is 0.220. The molecular weight excluding hydrogens is 319 g/mol. The van der Waals surface area contributed by atoms with E-state index in [-0.39, 0.29) is 5.82 Å². The minimum Gasteiger partial charge on any atom is -0.341 e. The normalized spacial score (nSPS) is 10.6. The molecule has 0 unspecified atom stereocenters. The Kier molecular flexibility index (Phi) is 5.15. The highest BCUT2D eigenvalue weighted by atomic mass is 79.9. The van der Waals surface area contributed by atoms with Crippen LogP contribution < -0.4 is 10.6 Å². The largest absolute Gasteiger partial charge is 0.341 e. The molecule has 2 aromatic rings. The van der Waals surface area contributed by atoms with Gasteiger partial charge < -0.3 is 10.6 Å². The van der Waals surface area contributed by atoms with Gasteiger partial charge in [0.2, 0.25) is 0 Å². The van der Waals surface area contributed by atoms with Crippen molar-refractivity contribution in [3.63, 3.8) is 0 Å². The molecule has 0 atom stereocenters. The molecule has 0 aromatic heterocycles. The lowest BCUT2D eigenvalue weighted by molar-refractivity contribution is 0.628. The zero-order valence-electron chi connectivity index (χ0n) is 11.4. The summed E-state index contributed by atoms with van der Waals surface area (Å²) in [5, 5.41) is 0. The third-order valence-electron chi connectivity index (χ3n) is 3.19. The number of benzene rings is 2. The summed E-state index contributed by atoms with van der Waals surface area (Å²) in [6.07, 6.45) is 0.863. The molecule has 0 amide bonds. The van der Waals surface area contributed by atoms with Gasteiger partial charge in [0.05, 0.1) is 5.69 Å². The predicted molar refractivity (Wildman–Crippen MR) is 86.0 cm³/mol.